The Labute approximate surface area is 158 Å². The number of halogens is 3. The first-order chi connectivity index (χ1) is 11.0. The molecule has 0 unspecified atom stereocenters. The molecule has 4 N–H and O–H groups in total. The maximum atomic E-state index is 13.9. The van der Waals surface area contributed by atoms with Gasteiger partial charge in [0.05, 0.1) is 11.7 Å². The Morgan fingerprint density at radius 1 is 1.40 bits per heavy atom. The summed E-state index contributed by atoms with van der Waals surface area (Å²) in [6.45, 7) is 1.50. The van der Waals surface area contributed by atoms with Crippen molar-refractivity contribution in [3.8, 4) is 5.75 Å². The molecule has 0 radical (unpaired) electrons. The highest BCUT2D eigenvalue weighted by atomic mass is 35.5. The zero-order valence-corrected chi connectivity index (χ0v) is 15.6. The molecule has 1 saturated heterocycles. The number of nitrogens with one attached hydrogen (secondary N) is 3. The molecule has 9 heteroatoms. The van der Waals surface area contributed by atoms with Crippen molar-refractivity contribution in [3.05, 3.63) is 23.5 Å². The summed E-state index contributed by atoms with van der Waals surface area (Å²) in [4.78, 5) is 11.5. The minimum Gasteiger partial charge on any atom is -0.490 e. The van der Waals surface area contributed by atoms with Crippen LogP contribution in [0.15, 0.2) is 12.1 Å². The maximum Gasteiger partial charge on any atom is 0.224 e. The van der Waals surface area contributed by atoms with Crippen LogP contribution in [0, 0.1) is 5.82 Å². The van der Waals surface area contributed by atoms with Crippen LogP contribution in [0.1, 0.15) is 18.4 Å². The van der Waals surface area contributed by atoms with Crippen LogP contribution < -0.4 is 20.7 Å². The first-order valence-electron chi connectivity index (χ1n) is 7.88. The number of hydrogen-bond donors (Lipinski definition) is 4. The Hall–Kier alpha value is -1.12. The van der Waals surface area contributed by atoms with Crippen molar-refractivity contribution >= 4 is 36.4 Å². The molecule has 25 heavy (non-hydrogen) atoms. The summed E-state index contributed by atoms with van der Waals surface area (Å²) in [5.74, 6) is -0.141. The third-order valence-electron chi connectivity index (χ3n) is 4.64. The van der Waals surface area contributed by atoms with Gasteiger partial charge in [0.2, 0.25) is 5.91 Å². The number of fused-ring (bicyclic) bond motifs is 1. The van der Waals surface area contributed by atoms with Crippen LogP contribution in [0.5, 0.6) is 5.75 Å². The van der Waals surface area contributed by atoms with Gasteiger partial charge in [-0.05, 0) is 38.6 Å². The number of rotatable bonds is 4. The minimum atomic E-state index is -0.987. The molecule has 6 nitrogen and oxygen atoms in total. The van der Waals surface area contributed by atoms with Crippen molar-refractivity contribution in [1.29, 1.82) is 0 Å². The van der Waals surface area contributed by atoms with Crippen LogP contribution in [0.3, 0.4) is 0 Å². The molecule has 0 bridgehead atoms. The van der Waals surface area contributed by atoms with Gasteiger partial charge < -0.3 is 25.8 Å². The van der Waals surface area contributed by atoms with E-state index in [-0.39, 0.29) is 49.1 Å². The number of piperidine rings is 1. The lowest BCUT2D eigenvalue weighted by Gasteiger charge is -2.40. The van der Waals surface area contributed by atoms with E-state index in [1.807, 2.05) is 0 Å². The Balaban J connectivity index is 0.00000156. The van der Waals surface area contributed by atoms with Crippen LogP contribution in [0.2, 0.25) is 0 Å². The number of anilines is 1. The predicted molar refractivity (Wildman–Crippen MR) is 98.6 cm³/mol. The monoisotopic (exact) mass is 395 g/mol. The summed E-state index contributed by atoms with van der Waals surface area (Å²) in [7, 11) is 1.80. The number of ether oxygens (including phenoxy) is 1. The van der Waals surface area contributed by atoms with Crippen LogP contribution in [-0.2, 0) is 11.2 Å². The zero-order chi connectivity index (χ0) is 16.4. The van der Waals surface area contributed by atoms with Crippen molar-refractivity contribution in [2.75, 3.05) is 32.1 Å². The summed E-state index contributed by atoms with van der Waals surface area (Å²) in [5, 5.41) is 19.7. The lowest BCUT2D eigenvalue weighted by Crippen LogP contribution is -2.62. The van der Waals surface area contributed by atoms with E-state index in [0.717, 1.165) is 6.54 Å². The van der Waals surface area contributed by atoms with Crippen molar-refractivity contribution in [2.24, 2.45) is 0 Å². The molecule has 142 valence electrons. The summed E-state index contributed by atoms with van der Waals surface area (Å²) in [6, 6.07) is 2.72. The minimum absolute atomic E-state index is 0. The molecule has 1 aromatic carbocycles. The highest BCUT2D eigenvalue weighted by Crippen LogP contribution is 2.34. The molecule has 1 aromatic rings. The molecule has 0 spiro atoms. The molecule has 0 aliphatic carbocycles. The van der Waals surface area contributed by atoms with Gasteiger partial charge >= 0.3 is 0 Å². The molecule has 0 saturated carbocycles. The van der Waals surface area contributed by atoms with Gasteiger partial charge in [0.1, 0.15) is 23.8 Å². The first kappa shape index (κ1) is 21.9. The Morgan fingerprint density at radius 2 is 2.16 bits per heavy atom. The molecular weight excluding hydrogens is 372 g/mol. The van der Waals surface area contributed by atoms with E-state index < -0.39 is 11.4 Å². The van der Waals surface area contributed by atoms with Gasteiger partial charge in [-0.25, -0.2) is 4.39 Å². The van der Waals surface area contributed by atoms with Crippen molar-refractivity contribution in [2.45, 2.75) is 30.9 Å². The van der Waals surface area contributed by atoms with E-state index in [0.29, 0.717) is 37.1 Å². The highest BCUT2D eigenvalue weighted by molar-refractivity contribution is 5.94. The van der Waals surface area contributed by atoms with Crippen LogP contribution in [-0.4, -0.2) is 49.4 Å². The molecule has 2 aliphatic rings. The summed E-state index contributed by atoms with van der Waals surface area (Å²) in [6.07, 6.45) is 1.31. The smallest absolute Gasteiger partial charge is 0.224 e. The molecule has 3 rings (SSSR count). The van der Waals surface area contributed by atoms with Gasteiger partial charge in [-0.15, -0.1) is 24.8 Å². The van der Waals surface area contributed by atoms with Gasteiger partial charge in [-0.1, -0.05) is 0 Å². The van der Waals surface area contributed by atoms with Gasteiger partial charge in [0, 0.05) is 18.5 Å². The van der Waals surface area contributed by atoms with E-state index in [2.05, 4.69) is 16.0 Å². The second-order valence-electron chi connectivity index (χ2n) is 6.13. The van der Waals surface area contributed by atoms with Crippen molar-refractivity contribution < 1.29 is 19.0 Å². The maximum absolute atomic E-state index is 13.9. The third kappa shape index (κ3) is 4.54. The van der Waals surface area contributed by atoms with E-state index in [1.54, 1.807) is 13.1 Å². The predicted octanol–water partition coefficient (Wildman–Crippen LogP) is 1.25. The number of amides is 1. The van der Waals surface area contributed by atoms with Gasteiger partial charge in [-0.2, -0.15) is 0 Å². The molecule has 2 atom stereocenters. The van der Waals surface area contributed by atoms with E-state index in [9.17, 15) is 14.3 Å². The quantitative estimate of drug-likeness (QED) is 0.616. The molecule has 1 fully saturated rings. The number of hydrogen-bond acceptors (Lipinski definition) is 5. The van der Waals surface area contributed by atoms with E-state index in [4.69, 9.17) is 4.74 Å². The Morgan fingerprint density at radius 3 is 2.88 bits per heavy atom. The fourth-order valence-electron chi connectivity index (χ4n) is 3.22. The average molecular weight is 396 g/mol. The molecule has 2 aliphatic heterocycles. The summed E-state index contributed by atoms with van der Waals surface area (Å²) >= 11 is 0. The third-order valence-corrected chi connectivity index (χ3v) is 4.64. The van der Waals surface area contributed by atoms with Crippen LogP contribution >= 0.6 is 24.8 Å². The van der Waals surface area contributed by atoms with Gasteiger partial charge in [0.15, 0.2) is 0 Å². The Bertz CT molecular complexity index is 621. The fourth-order valence-corrected chi connectivity index (χ4v) is 3.22. The van der Waals surface area contributed by atoms with Crippen molar-refractivity contribution in [1.82, 2.24) is 10.6 Å². The largest absolute Gasteiger partial charge is 0.490 e. The van der Waals surface area contributed by atoms with E-state index in [1.165, 1.54) is 6.07 Å². The van der Waals surface area contributed by atoms with Gasteiger partial charge in [-0.3, -0.25) is 4.79 Å². The summed E-state index contributed by atoms with van der Waals surface area (Å²) in [5.41, 5.74) is -0.136. The second kappa shape index (κ2) is 9.00. The zero-order valence-electron chi connectivity index (χ0n) is 13.9. The lowest BCUT2D eigenvalue weighted by atomic mass is 9.88. The second-order valence-corrected chi connectivity index (χ2v) is 6.13. The number of carbonyl (C=O) groups is 1. The summed E-state index contributed by atoms with van der Waals surface area (Å²) < 4.78 is 19.7. The Kier molecular flexibility index (Phi) is 7.89. The SMILES string of the molecule is CN[C@@H]1CNCC[C@]1(O)COc1ccc(F)c2c1CCC(=O)N2.Cl.Cl. The topological polar surface area (TPSA) is 82.6 Å². The molecular formula is C16H24Cl2FN3O3. The number of carbonyl (C=O) groups excluding carboxylic acids is 1. The molecule has 1 amide bonds. The average Bonchev–Trinajstić information content (AvgIpc) is 2.55. The van der Waals surface area contributed by atoms with Gasteiger partial charge in [0.25, 0.3) is 0 Å². The van der Waals surface area contributed by atoms with Crippen LogP contribution in [0.4, 0.5) is 10.1 Å². The van der Waals surface area contributed by atoms with E-state index >= 15 is 0 Å². The molecule has 2 heterocycles. The standard InChI is InChI=1S/C16H22FN3O3.2ClH/c1-18-13-8-19-7-6-16(13,22)9-23-12-4-3-11(17)15-10(12)2-5-14(21)20-15;;/h3-4,13,18-19,22H,2,5-9H2,1H3,(H,20,21);2*1H/t13-,16+;;/m1../s1. The van der Waals surface area contributed by atoms with Crippen LogP contribution in [0.25, 0.3) is 0 Å². The first-order valence-corrected chi connectivity index (χ1v) is 7.88. The number of aliphatic hydroxyl groups is 1. The highest BCUT2D eigenvalue weighted by Gasteiger charge is 2.39. The normalized spacial score (nSPS) is 25.1. The molecule has 0 aromatic heterocycles. The number of benzene rings is 1. The fraction of sp³-hybridized carbons (Fsp3) is 0.562. The van der Waals surface area contributed by atoms with Crippen molar-refractivity contribution in [3.63, 3.8) is 0 Å². The number of likely N-dealkylation sites (N-methyl/N-ethyl adjacent to an activating group) is 1. The lowest BCUT2D eigenvalue weighted by molar-refractivity contribution is -0.116.